The summed E-state index contributed by atoms with van der Waals surface area (Å²) in [6, 6.07) is 3.80. The number of rotatable bonds is 5. The van der Waals surface area contributed by atoms with Gasteiger partial charge in [-0.15, -0.1) is 0 Å². The molecule has 1 aliphatic rings. The van der Waals surface area contributed by atoms with Gasteiger partial charge >= 0.3 is 5.97 Å². The largest absolute Gasteiger partial charge is 0.494 e. The number of piperidine rings is 1. The predicted octanol–water partition coefficient (Wildman–Crippen LogP) is 3.12. The van der Waals surface area contributed by atoms with Gasteiger partial charge in [0, 0.05) is 18.7 Å². The second kappa shape index (κ2) is 8.18. The number of carbonyl (C=O) groups is 2. The van der Waals surface area contributed by atoms with Gasteiger partial charge in [-0.25, -0.2) is 0 Å². The summed E-state index contributed by atoms with van der Waals surface area (Å²) in [5.41, 5.74) is 2.53. The van der Waals surface area contributed by atoms with E-state index in [1.165, 1.54) is 0 Å². The molecule has 0 radical (unpaired) electrons. The zero-order valence-corrected chi connectivity index (χ0v) is 15.1. The van der Waals surface area contributed by atoms with E-state index in [0.717, 1.165) is 29.7 Å². The van der Waals surface area contributed by atoms with Crippen molar-refractivity contribution in [2.24, 2.45) is 5.92 Å². The fraction of sp³-hybridized carbons (Fsp3) is 0.579. The van der Waals surface area contributed by atoms with Crippen molar-refractivity contribution >= 4 is 11.9 Å². The number of likely N-dealkylation sites (tertiary alicyclic amines) is 1. The molecular formula is C19H27NO4. The number of benzene rings is 1. The second-order valence-electron chi connectivity index (χ2n) is 6.21. The summed E-state index contributed by atoms with van der Waals surface area (Å²) in [5.74, 6) is 0.378. The fourth-order valence-electron chi connectivity index (χ4n) is 3.12. The molecule has 1 unspecified atom stereocenters. The van der Waals surface area contributed by atoms with Gasteiger partial charge in [-0.3, -0.25) is 9.59 Å². The van der Waals surface area contributed by atoms with E-state index in [-0.39, 0.29) is 17.8 Å². The van der Waals surface area contributed by atoms with Crippen LogP contribution >= 0.6 is 0 Å². The third kappa shape index (κ3) is 4.08. The zero-order chi connectivity index (χ0) is 17.7. The molecule has 0 aliphatic carbocycles. The molecule has 0 N–H and O–H groups in total. The Hall–Kier alpha value is -2.04. The summed E-state index contributed by atoms with van der Waals surface area (Å²) in [7, 11) is 0. The van der Waals surface area contributed by atoms with Crippen LogP contribution in [0.15, 0.2) is 12.1 Å². The monoisotopic (exact) mass is 333 g/mol. The van der Waals surface area contributed by atoms with Gasteiger partial charge in [-0.05, 0) is 63.8 Å². The average Bonchev–Trinajstić information content (AvgIpc) is 2.58. The van der Waals surface area contributed by atoms with Crippen molar-refractivity contribution in [1.82, 2.24) is 4.90 Å². The van der Waals surface area contributed by atoms with E-state index >= 15 is 0 Å². The van der Waals surface area contributed by atoms with E-state index in [0.29, 0.717) is 31.9 Å². The van der Waals surface area contributed by atoms with E-state index in [1.54, 1.807) is 11.8 Å². The zero-order valence-electron chi connectivity index (χ0n) is 15.1. The maximum Gasteiger partial charge on any atom is 0.310 e. The van der Waals surface area contributed by atoms with Crippen LogP contribution < -0.4 is 4.74 Å². The molecular weight excluding hydrogens is 306 g/mol. The molecule has 0 spiro atoms. The van der Waals surface area contributed by atoms with E-state index in [1.807, 2.05) is 32.9 Å². The Balaban J connectivity index is 2.16. The Morgan fingerprint density at radius 1 is 1.17 bits per heavy atom. The van der Waals surface area contributed by atoms with E-state index < -0.39 is 0 Å². The quantitative estimate of drug-likeness (QED) is 0.777. The molecule has 1 fully saturated rings. The van der Waals surface area contributed by atoms with Crippen LogP contribution in [0, 0.1) is 19.8 Å². The standard InChI is InChI=1S/C19H27NO4/c1-5-23-17-11-13(3)16(10-14(17)4)18(21)20-9-7-8-15(12-20)19(22)24-6-2/h10-11,15H,5-9,12H2,1-4H3. The normalized spacial score (nSPS) is 17.5. The molecule has 132 valence electrons. The smallest absolute Gasteiger partial charge is 0.310 e. The molecule has 0 bridgehead atoms. The van der Waals surface area contributed by atoms with Crippen LogP contribution in [-0.2, 0) is 9.53 Å². The number of hydrogen-bond acceptors (Lipinski definition) is 4. The van der Waals surface area contributed by atoms with Crippen LogP contribution in [0.3, 0.4) is 0 Å². The molecule has 1 aromatic rings. The highest BCUT2D eigenvalue weighted by atomic mass is 16.5. The lowest BCUT2D eigenvalue weighted by Crippen LogP contribution is -2.43. The lowest BCUT2D eigenvalue weighted by Gasteiger charge is -2.32. The molecule has 1 amide bonds. The number of hydrogen-bond donors (Lipinski definition) is 0. The van der Waals surface area contributed by atoms with Crippen LogP contribution in [0.25, 0.3) is 0 Å². The third-order valence-corrected chi connectivity index (χ3v) is 4.38. The SMILES string of the molecule is CCOC(=O)C1CCCN(C(=O)c2cc(C)c(OCC)cc2C)C1. The highest BCUT2D eigenvalue weighted by molar-refractivity contribution is 5.96. The first-order valence-corrected chi connectivity index (χ1v) is 8.67. The number of esters is 1. The molecule has 5 heteroatoms. The number of ether oxygens (including phenoxy) is 2. The Bertz CT molecular complexity index is 612. The summed E-state index contributed by atoms with van der Waals surface area (Å²) < 4.78 is 10.7. The molecule has 5 nitrogen and oxygen atoms in total. The lowest BCUT2D eigenvalue weighted by molar-refractivity contribution is -0.149. The third-order valence-electron chi connectivity index (χ3n) is 4.38. The molecule has 1 heterocycles. The second-order valence-corrected chi connectivity index (χ2v) is 6.21. The number of aryl methyl sites for hydroxylation is 2. The van der Waals surface area contributed by atoms with Crippen LogP contribution in [0.5, 0.6) is 5.75 Å². The minimum atomic E-state index is -0.216. The van der Waals surface area contributed by atoms with Gasteiger partial charge in [0.1, 0.15) is 5.75 Å². The maximum absolute atomic E-state index is 12.9. The van der Waals surface area contributed by atoms with Crippen LogP contribution in [0.1, 0.15) is 48.2 Å². The number of carbonyl (C=O) groups excluding carboxylic acids is 2. The van der Waals surface area contributed by atoms with Gasteiger partial charge in [0.15, 0.2) is 0 Å². The van der Waals surface area contributed by atoms with E-state index in [4.69, 9.17) is 9.47 Å². The first-order valence-electron chi connectivity index (χ1n) is 8.67. The van der Waals surface area contributed by atoms with Crippen molar-refractivity contribution < 1.29 is 19.1 Å². The van der Waals surface area contributed by atoms with Gasteiger partial charge in [0.05, 0.1) is 19.1 Å². The van der Waals surface area contributed by atoms with Crippen molar-refractivity contribution in [3.8, 4) is 5.75 Å². The molecule has 1 saturated heterocycles. The summed E-state index contributed by atoms with van der Waals surface area (Å²) in [4.78, 5) is 26.6. The van der Waals surface area contributed by atoms with Crippen LogP contribution in [-0.4, -0.2) is 43.1 Å². The van der Waals surface area contributed by atoms with Crippen molar-refractivity contribution in [1.29, 1.82) is 0 Å². The summed E-state index contributed by atoms with van der Waals surface area (Å²) >= 11 is 0. The Kier molecular flexibility index (Phi) is 6.23. The minimum Gasteiger partial charge on any atom is -0.494 e. The van der Waals surface area contributed by atoms with Crippen LogP contribution in [0.2, 0.25) is 0 Å². The molecule has 2 rings (SSSR count). The molecule has 1 aliphatic heterocycles. The summed E-state index contributed by atoms with van der Waals surface area (Å²) in [6.45, 7) is 9.69. The predicted molar refractivity (Wildman–Crippen MR) is 92.3 cm³/mol. The molecule has 0 saturated carbocycles. The van der Waals surface area contributed by atoms with Crippen molar-refractivity contribution in [2.75, 3.05) is 26.3 Å². The Morgan fingerprint density at radius 3 is 2.58 bits per heavy atom. The molecule has 0 aromatic heterocycles. The average molecular weight is 333 g/mol. The van der Waals surface area contributed by atoms with Crippen molar-refractivity contribution in [3.63, 3.8) is 0 Å². The molecule has 1 aromatic carbocycles. The van der Waals surface area contributed by atoms with E-state index in [2.05, 4.69) is 0 Å². The van der Waals surface area contributed by atoms with Gasteiger partial charge in [-0.2, -0.15) is 0 Å². The Morgan fingerprint density at radius 2 is 1.92 bits per heavy atom. The highest BCUT2D eigenvalue weighted by Gasteiger charge is 2.30. The first kappa shape index (κ1) is 18.3. The van der Waals surface area contributed by atoms with Crippen LogP contribution in [0.4, 0.5) is 0 Å². The Labute approximate surface area is 143 Å². The number of amides is 1. The summed E-state index contributed by atoms with van der Waals surface area (Å²) in [5, 5.41) is 0. The summed E-state index contributed by atoms with van der Waals surface area (Å²) in [6.07, 6.45) is 1.61. The van der Waals surface area contributed by atoms with Crippen molar-refractivity contribution in [3.05, 3.63) is 28.8 Å². The van der Waals surface area contributed by atoms with E-state index in [9.17, 15) is 9.59 Å². The topological polar surface area (TPSA) is 55.8 Å². The maximum atomic E-state index is 12.9. The first-order chi connectivity index (χ1) is 11.5. The lowest BCUT2D eigenvalue weighted by atomic mass is 9.96. The van der Waals surface area contributed by atoms with Gasteiger partial charge in [-0.1, -0.05) is 0 Å². The van der Waals surface area contributed by atoms with Gasteiger partial charge in [0.25, 0.3) is 5.91 Å². The van der Waals surface area contributed by atoms with Gasteiger partial charge in [0.2, 0.25) is 0 Å². The van der Waals surface area contributed by atoms with Crippen molar-refractivity contribution in [2.45, 2.75) is 40.5 Å². The minimum absolute atomic E-state index is 0.0207. The highest BCUT2D eigenvalue weighted by Crippen LogP contribution is 2.26. The molecule has 24 heavy (non-hydrogen) atoms. The number of nitrogens with zero attached hydrogens (tertiary/aromatic N) is 1. The van der Waals surface area contributed by atoms with Gasteiger partial charge < -0.3 is 14.4 Å². The fourth-order valence-corrected chi connectivity index (χ4v) is 3.12. The molecule has 1 atom stereocenters.